The van der Waals surface area contributed by atoms with Crippen LogP contribution >= 0.6 is 0 Å². The molecule has 1 aromatic carbocycles. The topological polar surface area (TPSA) is 9.23 Å². The molecule has 0 bridgehead atoms. The first-order valence-electron chi connectivity index (χ1n) is 5.09. The number of para-hydroxylation sites is 1. The lowest BCUT2D eigenvalue weighted by molar-refractivity contribution is 0.352. The van der Waals surface area contributed by atoms with Crippen molar-refractivity contribution in [2.45, 2.75) is 24.7 Å². The Balaban J connectivity index is 2.16. The Morgan fingerprint density at radius 2 is 2.21 bits per heavy atom. The fraction of sp³-hybridized carbons (Fsp3) is 0.385. The molecule has 0 atom stereocenters. The monoisotopic (exact) mass is 184 g/mol. The minimum Gasteiger partial charge on any atom is -0.493 e. The Kier molecular flexibility index (Phi) is 1.44. The summed E-state index contributed by atoms with van der Waals surface area (Å²) in [6, 6.07) is 6.36. The molecule has 1 aliphatic carbocycles. The molecule has 0 aromatic heterocycles. The number of rotatable bonds is 1. The minimum absolute atomic E-state index is 0.00961. The van der Waals surface area contributed by atoms with Crippen molar-refractivity contribution in [2.24, 2.45) is 0 Å². The summed E-state index contributed by atoms with van der Waals surface area (Å²) in [6.07, 6.45) is 8.85. The van der Waals surface area contributed by atoms with Crippen molar-refractivity contribution in [1.82, 2.24) is 0 Å². The van der Waals surface area contributed by atoms with Gasteiger partial charge in [-0.05, 0) is 18.4 Å². The lowest BCUT2D eigenvalue weighted by Gasteiger charge is -2.12. The molecule has 0 unspecified atom stereocenters. The second-order valence-electron chi connectivity index (χ2n) is 4.12. The molecule has 1 aromatic rings. The number of benzene rings is 1. The molecule has 0 saturated heterocycles. The maximum atomic E-state index is 5.66. The number of fused-ring (bicyclic) bond motifs is 1. The van der Waals surface area contributed by atoms with E-state index in [0.29, 0.717) is 0 Å². The molecule has 0 amide bonds. The quantitative estimate of drug-likeness (QED) is 0.608. The van der Waals surface area contributed by atoms with Crippen LogP contribution in [0.5, 0.6) is 5.75 Å². The fourth-order valence-corrected chi connectivity index (χ4v) is 2.21. The molecule has 3 rings (SSSR count). The van der Waals surface area contributed by atoms with Gasteiger partial charge in [-0.1, -0.05) is 24.1 Å². The highest BCUT2D eigenvalue weighted by atomic mass is 16.5. The van der Waals surface area contributed by atoms with Gasteiger partial charge in [0.05, 0.1) is 12.0 Å². The molecule has 1 aliphatic heterocycles. The molecule has 1 nitrogen and oxygen atoms in total. The average Bonchev–Trinajstić information content (AvgIpc) is 2.87. The van der Waals surface area contributed by atoms with Crippen LogP contribution in [0.1, 0.15) is 24.0 Å². The molecule has 1 heteroatoms. The van der Waals surface area contributed by atoms with Crippen LogP contribution in [0.3, 0.4) is 0 Å². The van der Waals surface area contributed by atoms with Gasteiger partial charge in [0.2, 0.25) is 0 Å². The number of terminal acetylenes is 1. The lowest BCUT2D eigenvalue weighted by atomic mass is 9.94. The van der Waals surface area contributed by atoms with Gasteiger partial charge in [-0.25, -0.2) is 0 Å². The molecule has 70 valence electrons. The van der Waals surface area contributed by atoms with E-state index < -0.39 is 0 Å². The van der Waals surface area contributed by atoms with E-state index in [4.69, 9.17) is 11.2 Å². The first-order valence-corrected chi connectivity index (χ1v) is 5.09. The van der Waals surface area contributed by atoms with E-state index in [2.05, 4.69) is 24.1 Å². The van der Waals surface area contributed by atoms with Gasteiger partial charge in [-0.3, -0.25) is 0 Å². The number of hydrogen-bond acceptors (Lipinski definition) is 1. The van der Waals surface area contributed by atoms with Crippen LogP contribution in [0, 0.1) is 12.3 Å². The van der Waals surface area contributed by atoms with Crippen molar-refractivity contribution in [1.29, 1.82) is 0 Å². The third-order valence-corrected chi connectivity index (χ3v) is 3.26. The van der Waals surface area contributed by atoms with Crippen LogP contribution in [0.15, 0.2) is 18.2 Å². The Labute approximate surface area is 84.1 Å². The summed E-state index contributed by atoms with van der Waals surface area (Å²) in [7, 11) is 0. The van der Waals surface area contributed by atoms with E-state index in [1.165, 1.54) is 11.1 Å². The van der Waals surface area contributed by atoms with Gasteiger partial charge < -0.3 is 4.74 Å². The fourth-order valence-electron chi connectivity index (χ4n) is 2.21. The predicted octanol–water partition coefficient (Wildman–Crippen LogP) is 2.29. The first-order chi connectivity index (χ1) is 6.86. The molecule has 1 heterocycles. The van der Waals surface area contributed by atoms with E-state index in [9.17, 15) is 0 Å². The molecule has 0 N–H and O–H groups in total. The van der Waals surface area contributed by atoms with Gasteiger partial charge in [0, 0.05) is 12.0 Å². The van der Waals surface area contributed by atoms with Crippen molar-refractivity contribution >= 4 is 0 Å². The van der Waals surface area contributed by atoms with Crippen LogP contribution in [0.25, 0.3) is 0 Å². The van der Waals surface area contributed by atoms with Crippen LogP contribution in [0.4, 0.5) is 0 Å². The van der Waals surface area contributed by atoms with E-state index in [0.717, 1.165) is 31.6 Å². The highest BCUT2D eigenvalue weighted by Gasteiger charge is 2.45. The van der Waals surface area contributed by atoms with Crippen LogP contribution in [-0.2, 0) is 11.8 Å². The van der Waals surface area contributed by atoms with Gasteiger partial charge in [-0.2, -0.15) is 0 Å². The molecule has 1 fully saturated rings. The van der Waals surface area contributed by atoms with Crippen molar-refractivity contribution in [3.63, 3.8) is 0 Å². The zero-order chi connectivity index (χ0) is 9.60. The highest BCUT2D eigenvalue weighted by molar-refractivity contribution is 5.54. The van der Waals surface area contributed by atoms with E-state index >= 15 is 0 Å². The minimum atomic E-state index is 0.00961. The zero-order valence-corrected chi connectivity index (χ0v) is 8.05. The summed E-state index contributed by atoms with van der Waals surface area (Å²) in [5, 5.41) is 0. The average molecular weight is 184 g/mol. The van der Waals surface area contributed by atoms with Crippen LogP contribution in [-0.4, -0.2) is 6.61 Å². The first kappa shape index (κ1) is 7.94. The predicted molar refractivity (Wildman–Crippen MR) is 55.4 cm³/mol. The summed E-state index contributed by atoms with van der Waals surface area (Å²) >= 11 is 0. The summed E-state index contributed by atoms with van der Waals surface area (Å²) in [4.78, 5) is 0. The molecule has 2 aliphatic rings. The van der Waals surface area contributed by atoms with Crippen LogP contribution < -0.4 is 4.74 Å². The summed E-state index contributed by atoms with van der Waals surface area (Å²) in [5.41, 5.74) is 2.58. The lowest BCUT2D eigenvalue weighted by Crippen LogP contribution is -2.04. The molecule has 0 radical (unpaired) electrons. The Morgan fingerprint density at radius 3 is 2.93 bits per heavy atom. The molecule has 14 heavy (non-hydrogen) atoms. The van der Waals surface area contributed by atoms with E-state index in [-0.39, 0.29) is 5.41 Å². The van der Waals surface area contributed by atoms with Gasteiger partial charge in [-0.15, -0.1) is 6.42 Å². The largest absolute Gasteiger partial charge is 0.493 e. The van der Waals surface area contributed by atoms with Gasteiger partial charge >= 0.3 is 0 Å². The zero-order valence-electron chi connectivity index (χ0n) is 8.05. The SMILES string of the molecule is C#CC1(c2cccc3c2OCC3)CC1. The third kappa shape index (κ3) is 0.915. The second kappa shape index (κ2) is 2.54. The molecular weight excluding hydrogens is 172 g/mol. The van der Waals surface area contributed by atoms with Gasteiger partial charge in [0.15, 0.2) is 0 Å². The van der Waals surface area contributed by atoms with E-state index in [1.807, 2.05) is 0 Å². The standard InChI is InChI=1S/C13H12O/c1-2-13(7-8-13)11-5-3-4-10-6-9-14-12(10)11/h1,3-5H,6-9H2. The van der Waals surface area contributed by atoms with Crippen molar-refractivity contribution in [2.75, 3.05) is 6.61 Å². The van der Waals surface area contributed by atoms with Gasteiger partial charge in [0.1, 0.15) is 5.75 Å². The smallest absolute Gasteiger partial charge is 0.127 e. The van der Waals surface area contributed by atoms with Crippen molar-refractivity contribution in [3.8, 4) is 18.1 Å². The van der Waals surface area contributed by atoms with Crippen molar-refractivity contribution in [3.05, 3.63) is 29.3 Å². The molecular formula is C13H12O. The number of hydrogen-bond donors (Lipinski definition) is 0. The Morgan fingerprint density at radius 1 is 1.36 bits per heavy atom. The van der Waals surface area contributed by atoms with Crippen LogP contribution in [0.2, 0.25) is 0 Å². The third-order valence-electron chi connectivity index (χ3n) is 3.26. The number of ether oxygens (including phenoxy) is 1. The molecule has 1 saturated carbocycles. The normalized spacial score (nSPS) is 20.8. The van der Waals surface area contributed by atoms with Crippen molar-refractivity contribution < 1.29 is 4.74 Å². The summed E-state index contributed by atoms with van der Waals surface area (Å²) in [5.74, 6) is 3.99. The maximum absolute atomic E-state index is 5.66. The van der Waals surface area contributed by atoms with E-state index in [1.54, 1.807) is 0 Å². The summed E-state index contributed by atoms with van der Waals surface area (Å²) in [6.45, 7) is 0.812. The highest BCUT2D eigenvalue weighted by Crippen LogP contribution is 2.52. The Bertz CT molecular complexity index is 421. The summed E-state index contributed by atoms with van der Waals surface area (Å²) < 4.78 is 5.66. The van der Waals surface area contributed by atoms with Gasteiger partial charge in [0.25, 0.3) is 0 Å². The second-order valence-corrected chi connectivity index (χ2v) is 4.12. The molecule has 0 spiro atoms. The Hall–Kier alpha value is -1.42. The maximum Gasteiger partial charge on any atom is 0.127 e.